The van der Waals surface area contributed by atoms with Crippen LogP contribution in [0.1, 0.15) is 32.1 Å². The molecule has 4 heterocycles. The van der Waals surface area contributed by atoms with Crippen LogP contribution in [-0.4, -0.2) is 79.6 Å². The van der Waals surface area contributed by atoms with Crippen molar-refractivity contribution in [2.24, 2.45) is 11.3 Å². The molecule has 1 spiro atoms. The molecule has 0 bridgehead atoms. The molecule has 1 amide bonds. The molecule has 5 fully saturated rings. The highest BCUT2D eigenvalue weighted by molar-refractivity contribution is 5.80. The normalized spacial score (nSPS) is 44.5. The molecule has 5 aliphatic rings. The van der Waals surface area contributed by atoms with Gasteiger partial charge in [-0.05, 0) is 37.5 Å². The Morgan fingerprint density at radius 2 is 2.00 bits per heavy atom. The molecule has 1 aliphatic carbocycles. The molecular formula is C18H29FN4O2. The third kappa shape index (κ3) is 2.71. The molecule has 4 aliphatic heterocycles. The third-order valence-electron chi connectivity index (χ3n) is 7.28. The van der Waals surface area contributed by atoms with E-state index >= 15 is 0 Å². The van der Waals surface area contributed by atoms with E-state index < -0.39 is 6.17 Å². The number of hydrogen-bond donors (Lipinski definition) is 2. The number of rotatable bonds is 1. The number of nitrogens with one attached hydrogen (secondary N) is 2. The SMILES string of the molecule is O=C1NCCN2C3C(CC(F)CC13)NC2N1CCC2(CCOCC2)C1. The quantitative estimate of drug-likeness (QED) is 0.711. The van der Waals surface area contributed by atoms with E-state index in [0.717, 1.165) is 45.7 Å². The van der Waals surface area contributed by atoms with Crippen molar-refractivity contribution in [3.8, 4) is 0 Å². The zero-order valence-corrected chi connectivity index (χ0v) is 14.8. The predicted molar refractivity (Wildman–Crippen MR) is 90.5 cm³/mol. The monoisotopic (exact) mass is 352 g/mol. The summed E-state index contributed by atoms with van der Waals surface area (Å²) in [4.78, 5) is 17.4. The summed E-state index contributed by atoms with van der Waals surface area (Å²) in [6, 6.07) is 0.236. The van der Waals surface area contributed by atoms with Crippen LogP contribution in [0.2, 0.25) is 0 Å². The summed E-state index contributed by atoms with van der Waals surface area (Å²) >= 11 is 0. The minimum atomic E-state index is -0.872. The molecule has 140 valence electrons. The average molecular weight is 352 g/mol. The van der Waals surface area contributed by atoms with Gasteiger partial charge in [0.2, 0.25) is 5.91 Å². The van der Waals surface area contributed by atoms with Crippen LogP contribution in [0.4, 0.5) is 4.39 Å². The standard InChI is InChI=1S/C18H29FN4O2/c19-12-9-13-15-14(10-12)21-17(23(15)6-4-20-16(13)24)22-5-1-18(11-22)2-7-25-8-3-18/h12-15,17,21H,1-11H2,(H,20,24). The van der Waals surface area contributed by atoms with Gasteiger partial charge in [0.05, 0.1) is 5.92 Å². The molecule has 0 aromatic heterocycles. The van der Waals surface area contributed by atoms with Crippen LogP contribution in [0, 0.1) is 11.3 Å². The molecule has 0 radical (unpaired) electrons. The van der Waals surface area contributed by atoms with E-state index in [1.54, 1.807) is 0 Å². The van der Waals surface area contributed by atoms with Crippen LogP contribution in [-0.2, 0) is 9.53 Å². The first-order chi connectivity index (χ1) is 12.2. The zero-order chi connectivity index (χ0) is 17.0. The molecule has 5 rings (SSSR count). The van der Waals surface area contributed by atoms with Gasteiger partial charge < -0.3 is 10.1 Å². The summed E-state index contributed by atoms with van der Waals surface area (Å²) in [6.07, 6.45) is 3.72. The van der Waals surface area contributed by atoms with E-state index in [1.165, 1.54) is 6.42 Å². The van der Waals surface area contributed by atoms with Crippen LogP contribution in [0.5, 0.6) is 0 Å². The maximum Gasteiger partial charge on any atom is 0.224 e. The summed E-state index contributed by atoms with van der Waals surface area (Å²) in [5.41, 5.74) is 0.398. The highest BCUT2D eigenvalue weighted by Crippen LogP contribution is 2.43. The Labute approximate surface area is 148 Å². The second-order valence-electron chi connectivity index (χ2n) is 8.67. The Morgan fingerprint density at radius 1 is 1.16 bits per heavy atom. The maximum absolute atomic E-state index is 14.2. The van der Waals surface area contributed by atoms with Crippen molar-refractivity contribution < 1.29 is 13.9 Å². The van der Waals surface area contributed by atoms with E-state index in [2.05, 4.69) is 20.4 Å². The smallest absolute Gasteiger partial charge is 0.224 e. The van der Waals surface area contributed by atoms with Crippen molar-refractivity contribution in [1.82, 2.24) is 20.4 Å². The van der Waals surface area contributed by atoms with Crippen LogP contribution in [0.3, 0.4) is 0 Å². The minimum absolute atomic E-state index is 0.0459. The summed E-state index contributed by atoms with van der Waals surface area (Å²) in [6.45, 7) is 5.45. The molecule has 1 saturated carbocycles. The van der Waals surface area contributed by atoms with Crippen molar-refractivity contribution in [3.63, 3.8) is 0 Å². The Kier molecular flexibility index (Phi) is 4.04. The molecule has 0 aromatic carbocycles. The Hall–Kier alpha value is -0.760. The van der Waals surface area contributed by atoms with Gasteiger partial charge in [-0.1, -0.05) is 0 Å². The highest BCUT2D eigenvalue weighted by Gasteiger charge is 2.54. The second kappa shape index (κ2) is 6.15. The number of halogens is 1. The van der Waals surface area contributed by atoms with Gasteiger partial charge >= 0.3 is 0 Å². The van der Waals surface area contributed by atoms with Crippen LogP contribution < -0.4 is 10.6 Å². The number of hydrogen-bond acceptors (Lipinski definition) is 5. The third-order valence-corrected chi connectivity index (χ3v) is 7.28. The fourth-order valence-electron chi connectivity index (χ4n) is 5.96. The van der Waals surface area contributed by atoms with Crippen molar-refractivity contribution in [2.45, 2.75) is 56.6 Å². The number of nitrogens with zero attached hydrogens (tertiary/aromatic N) is 2. The number of amides is 1. The van der Waals surface area contributed by atoms with Gasteiger partial charge in [0, 0.05) is 51.5 Å². The predicted octanol–water partition coefficient (Wildman–Crippen LogP) is 0.293. The molecule has 4 saturated heterocycles. The lowest BCUT2D eigenvalue weighted by atomic mass is 9.80. The molecule has 5 atom stereocenters. The molecule has 5 unspecified atom stereocenters. The average Bonchev–Trinajstić information content (AvgIpc) is 3.11. The Bertz CT molecular complexity index is 541. The summed E-state index contributed by atoms with van der Waals surface area (Å²) < 4.78 is 19.8. The lowest BCUT2D eigenvalue weighted by molar-refractivity contribution is -0.127. The van der Waals surface area contributed by atoms with E-state index in [9.17, 15) is 9.18 Å². The van der Waals surface area contributed by atoms with E-state index in [4.69, 9.17) is 4.74 Å². The van der Waals surface area contributed by atoms with Crippen molar-refractivity contribution in [1.29, 1.82) is 0 Å². The van der Waals surface area contributed by atoms with Crippen LogP contribution in [0.15, 0.2) is 0 Å². The first-order valence-corrected chi connectivity index (χ1v) is 9.91. The van der Waals surface area contributed by atoms with Gasteiger partial charge in [0.1, 0.15) is 12.5 Å². The molecule has 25 heavy (non-hydrogen) atoms. The van der Waals surface area contributed by atoms with E-state index in [-0.39, 0.29) is 30.2 Å². The highest BCUT2D eigenvalue weighted by atomic mass is 19.1. The van der Waals surface area contributed by atoms with E-state index in [1.807, 2.05) is 0 Å². The van der Waals surface area contributed by atoms with E-state index in [0.29, 0.717) is 24.8 Å². The lowest BCUT2D eigenvalue weighted by Crippen LogP contribution is -2.53. The van der Waals surface area contributed by atoms with Gasteiger partial charge in [0.15, 0.2) is 0 Å². The second-order valence-corrected chi connectivity index (χ2v) is 8.67. The minimum Gasteiger partial charge on any atom is -0.381 e. The first kappa shape index (κ1) is 16.4. The molecule has 6 nitrogen and oxygen atoms in total. The number of carbonyl (C=O) groups excluding carboxylic acids is 1. The number of likely N-dealkylation sites (tertiary alicyclic amines) is 1. The lowest BCUT2D eigenvalue weighted by Gasteiger charge is -2.38. The van der Waals surface area contributed by atoms with Gasteiger partial charge in [-0.2, -0.15) is 0 Å². The van der Waals surface area contributed by atoms with Crippen LogP contribution >= 0.6 is 0 Å². The van der Waals surface area contributed by atoms with Gasteiger partial charge in [-0.3, -0.25) is 19.9 Å². The van der Waals surface area contributed by atoms with Crippen molar-refractivity contribution >= 4 is 5.91 Å². The molecule has 0 aromatic rings. The van der Waals surface area contributed by atoms with Crippen molar-refractivity contribution in [2.75, 3.05) is 39.4 Å². The topological polar surface area (TPSA) is 56.8 Å². The number of alkyl halides is 1. The van der Waals surface area contributed by atoms with Gasteiger partial charge in [0.25, 0.3) is 0 Å². The summed E-state index contributed by atoms with van der Waals surface area (Å²) in [5.74, 6) is -0.169. The van der Waals surface area contributed by atoms with Gasteiger partial charge in [-0.25, -0.2) is 4.39 Å². The molecule has 2 N–H and O–H groups in total. The summed E-state index contributed by atoms with van der Waals surface area (Å²) in [5, 5.41) is 6.71. The van der Waals surface area contributed by atoms with Crippen LogP contribution in [0.25, 0.3) is 0 Å². The number of carbonyl (C=O) groups is 1. The zero-order valence-electron chi connectivity index (χ0n) is 14.8. The first-order valence-electron chi connectivity index (χ1n) is 9.91. The fraction of sp³-hybridized carbons (Fsp3) is 0.944. The fourth-order valence-corrected chi connectivity index (χ4v) is 5.96. The Balaban J connectivity index is 1.37. The van der Waals surface area contributed by atoms with Gasteiger partial charge in [-0.15, -0.1) is 0 Å². The molecule has 7 heteroatoms. The Morgan fingerprint density at radius 3 is 2.84 bits per heavy atom. The maximum atomic E-state index is 14.2. The largest absolute Gasteiger partial charge is 0.381 e. The summed E-state index contributed by atoms with van der Waals surface area (Å²) in [7, 11) is 0. The molecular weight excluding hydrogens is 323 g/mol. The van der Waals surface area contributed by atoms with Crippen molar-refractivity contribution in [3.05, 3.63) is 0 Å². The number of ether oxygens (including phenoxy) is 1.